The fraction of sp³-hybridized carbons (Fsp3) is 0.400. The largest absolute Gasteiger partial charge is 0.494 e. The zero-order valence-electron chi connectivity index (χ0n) is 15.1. The molecule has 1 amide bonds. The molecule has 0 atom stereocenters. The molecule has 0 spiro atoms. The van der Waals surface area contributed by atoms with Crippen molar-refractivity contribution in [3.05, 3.63) is 45.8 Å². The van der Waals surface area contributed by atoms with Crippen LogP contribution >= 0.6 is 11.3 Å². The summed E-state index contributed by atoms with van der Waals surface area (Å²) in [5, 5.41) is 3.49. The van der Waals surface area contributed by atoms with E-state index in [9.17, 15) is 9.59 Å². The number of amides is 1. The fourth-order valence-electron chi connectivity index (χ4n) is 3.19. The van der Waals surface area contributed by atoms with Crippen LogP contribution in [0.1, 0.15) is 57.3 Å². The average Bonchev–Trinajstić information content (AvgIpc) is 2.82. The second-order valence-electron chi connectivity index (χ2n) is 6.17. The van der Waals surface area contributed by atoms with Crippen molar-refractivity contribution >= 4 is 28.2 Å². The molecule has 0 fully saturated rings. The highest BCUT2D eigenvalue weighted by Crippen LogP contribution is 2.38. The van der Waals surface area contributed by atoms with Crippen LogP contribution in [-0.4, -0.2) is 25.6 Å². The third-order valence-electron chi connectivity index (χ3n) is 4.47. The summed E-state index contributed by atoms with van der Waals surface area (Å²) in [4.78, 5) is 26.1. The predicted molar refractivity (Wildman–Crippen MR) is 102 cm³/mol. The van der Waals surface area contributed by atoms with Gasteiger partial charge in [-0.25, -0.2) is 4.79 Å². The lowest BCUT2D eigenvalue weighted by Crippen LogP contribution is -2.14. The van der Waals surface area contributed by atoms with E-state index < -0.39 is 0 Å². The van der Waals surface area contributed by atoms with E-state index in [1.165, 1.54) is 23.3 Å². The number of carbonyl (C=O) groups excluding carboxylic acids is 2. The summed E-state index contributed by atoms with van der Waals surface area (Å²) in [7, 11) is 1.38. The van der Waals surface area contributed by atoms with Crippen LogP contribution in [0.5, 0.6) is 5.75 Å². The van der Waals surface area contributed by atoms with E-state index in [1.807, 2.05) is 6.92 Å². The average molecular weight is 373 g/mol. The zero-order valence-corrected chi connectivity index (χ0v) is 15.9. The van der Waals surface area contributed by atoms with Crippen molar-refractivity contribution < 1.29 is 19.1 Å². The lowest BCUT2D eigenvalue weighted by Gasteiger charge is -2.08. The van der Waals surface area contributed by atoms with Crippen LogP contribution in [0.25, 0.3) is 0 Å². The SMILES string of the molecule is CCOc1ccc(C(=O)Nc2sc3c(c2C(=O)OC)CCCCC3)cc1. The Hall–Kier alpha value is -2.34. The van der Waals surface area contributed by atoms with Gasteiger partial charge in [-0.05, 0) is 62.4 Å². The number of anilines is 1. The number of hydrogen-bond donors (Lipinski definition) is 1. The molecule has 0 saturated carbocycles. The number of carbonyl (C=O) groups is 2. The molecule has 0 radical (unpaired) electrons. The van der Waals surface area contributed by atoms with Crippen molar-refractivity contribution in [1.29, 1.82) is 0 Å². The Balaban J connectivity index is 1.86. The van der Waals surface area contributed by atoms with Crippen LogP contribution in [0.15, 0.2) is 24.3 Å². The molecule has 1 heterocycles. The fourth-order valence-corrected chi connectivity index (χ4v) is 4.47. The normalized spacial score (nSPS) is 13.5. The number of fused-ring (bicyclic) bond motifs is 1. The molecule has 5 nitrogen and oxygen atoms in total. The van der Waals surface area contributed by atoms with Crippen LogP contribution < -0.4 is 10.1 Å². The highest BCUT2D eigenvalue weighted by molar-refractivity contribution is 7.17. The summed E-state index contributed by atoms with van der Waals surface area (Å²) in [5.41, 5.74) is 2.09. The van der Waals surface area contributed by atoms with Crippen LogP contribution in [0.3, 0.4) is 0 Å². The first kappa shape index (κ1) is 18.5. The van der Waals surface area contributed by atoms with E-state index in [0.717, 1.165) is 43.4 Å². The number of aryl methyl sites for hydroxylation is 1. The second kappa shape index (κ2) is 8.36. The van der Waals surface area contributed by atoms with E-state index in [1.54, 1.807) is 24.3 Å². The van der Waals surface area contributed by atoms with Gasteiger partial charge in [-0.15, -0.1) is 11.3 Å². The number of hydrogen-bond acceptors (Lipinski definition) is 5. The molecular formula is C20H23NO4S. The molecular weight excluding hydrogens is 350 g/mol. The van der Waals surface area contributed by atoms with Gasteiger partial charge in [0, 0.05) is 10.4 Å². The number of esters is 1. The maximum atomic E-state index is 12.6. The third kappa shape index (κ3) is 3.90. The van der Waals surface area contributed by atoms with Gasteiger partial charge < -0.3 is 14.8 Å². The first-order valence-corrected chi connectivity index (χ1v) is 9.72. The van der Waals surface area contributed by atoms with Crippen molar-refractivity contribution in [2.45, 2.75) is 39.0 Å². The maximum Gasteiger partial charge on any atom is 0.341 e. The summed E-state index contributed by atoms with van der Waals surface area (Å²) in [6.07, 6.45) is 5.13. The zero-order chi connectivity index (χ0) is 18.5. The van der Waals surface area contributed by atoms with Crippen molar-refractivity contribution in [2.24, 2.45) is 0 Å². The predicted octanol–water partition coefficient (Wildman–Crippen LogP) is 4.45. The second-order valence-corrected chi connectivity index (χ2v) is 7.28. The van der Waals surface area contributed by atoms with Gasteiger partial charge in [0.25, 0.3) is 5.91 Å². The molecule has 3 rings (SSSR count). The van der Waals surface area contributed by atoms with Gasteiger partial charge in [0.15, 0.2) is 0 Å². The molecule has 1 aliphatic carbocycles. The standard InChI is InChI=1S/C20H23NO4S/c1-3-25-14-11-9-13(10-12-14)18(22)21-19-17(20(23)24-2)15-7-5-4-6-8-16(15)26-19/h9-12H,3-8H2,1-2H3,(H,21,22). The van der Waals surface area contributed by atoms with E-state index in [2.05, 4.69) is 5.32 Å². The Morgan fingerprint density at radius 3 is 2.54 bits per heavy atom. The molecule has 1 aromatic carbocycles. The summed E-state index contributed by atoms with van der Waals surface area (Å²) in [6, 6.07) is 6.97. The van der Waals surface area contributed by atoms with Crippen LogP contribution in [-0.2, 0) is 17.6 Å². The van der Waals surface area contributed by atoms with Gasteiger partial charge >= 0.3 is 5.97 Å². The molecule has 0 aliphatic heterocycles. The van der Waals surface area contributed by atoms with Crippen LogP contribution in [0, 0.1) is 0 Å². The Kier molecular flexibility index (Phi) is 5.93. The molecule has 1 aromatic heterocycles. The minimum atomic E-state index is -0.383. The Morgan fingerprint density at radius 2 is 1.85 bits per heavy atom. The molecule has 138 valence electrons. The smallest absolute Gasteiger partial charge is 0.341 e. The molecule has 2 aromatic rings. The molecule has 0 bridgehead atoms. The summed E-state index contributed by atoms with van der Waals surface area (Å²) in [6.45, 7) is 2.49. The first-order chi connectivity index (χ1) is 12.6. The third-order valence-corrected chi connectivity index (χ3v) is 5.67. The van der Waals surface area contributed by atoms with E-state index in [4.69, 9.17) is 9.47 Å². The summed E-state index contributed by atoms with van der Waals surface area (Å²) < 4.78 is 10.4. The Labute approximate surface area is 157 Å². The van der Waals surface area contributed by atoms with Crippen molar-refractivity contribution in [2.75, 3.05) is 19.0 Å². The van der Waals surface area contributed by atoms with Gasteiger partial charge in [0.2, 0.25) is 0 Å². The highest BCUT2D eigenvalue weighted by atomic mass is 32.1. The van der Waals surface area contributed by atoms with E-state index in [0.29, 0.717) is 22.7 Å². The Morgan fingerprint density at radius 1 is 1.12 bits per heavy atom. The number of benzene rings is 1. The van der Waals surface area contributed by atoms with Crippen molar-refractivity contribution in [3.63, 3.8) is 0 Å². The lowest BCUT2D eigenvalue weighted by atomic mass is 10.1. The molecule has 1 N–H and O–H groups in total. The van der Waals surface area contributed by atoms with Gasteiger partial charge in [-0.1, -0.05) is 6.42 Å². The van der Waals surface area contributed by atoms with Crippen molar-refractivity contribution in [3.8, 4) is 5.75 Å². The molecule has 26 heavy (non-hydrogen) atoms. The Bertz CT molecular complexity index is 795. The van der Waals surface area contributed by atoms with Gasteiger partial charge in [0.1, 0.15) is 10.8 Å². The van der Waals surface area contributed by atoms with E-state index in [-0.39, 0.29) is 11.9 Å². The quantitative estimate of drug-likeness (QED) is 0.621. The van der Waals surface area contributed by atoms with Gasteiger partial charge in [-0.3, -0.25) is 4.79 Å². The number of nitrogens with one attached hydrogen (secondary N) is 1. The van der Waals surface area contributed by atoms with Crippen molar-refractivity contribution in [1.82, 2.24) is 0 Å². The van der Waals surface area contributed by atoms with E-state index >= 15 is 0 Å². The molecule has 1 aliphatic rings. The number of methoxy groups -OCH3 is 1. The monoisotopic (exact) mass is 373 g/mol. The highest BCUT2D eigenvalue weighted by Gasteiger charge is 2.26. The van der Waals surface area contributed by atoms with Gasteiger partial charge in [0.05, 0.1) is 19.3 Å². The lowest BCUT2D eigenvalue weighted by molar-refractivity contribution is 0.0601. The molecule has 0 unspecified atom stereocenters. The maximum absolute atomic E-state index is 12.6. The number of thiophene rings is 1. The van der Waals surface area contributed by atoms with Crippen LogP contribution in [0.4, 0.5) is 5.00 Å². The molecule has 6 heteroatoms. The number of ether oxygens (including phenoxy) is 2. The summed E-state index contributed by atoms with van der Waals surface area (Å²) in [5.74, 6) is 0.100. The minimum Gasteiger partial charge on any atom is -0.494 e. The topological polar surface area (TPSA) is 64.6 Å². The minimum absolute atomic E-state index is 0.241. The molecule has 0 saturated heterocycles. The van der Waals surface area contributed by atoms with Crippen LogP contribution in [0.2, 0.25) is 0 Å². The van der Waals surface area contributed by atoms with Gasteiger partial charge in [-0.2, -0.15) is 0 Å². The number of rotatable bonds is 5. The summed E-state index contributed by atoms with van der Waals surface area (Å²) >= 11 is 1.50. The first-order valence-electron chi connectivity index (χ1n) is 8.91.